The van der Waals surface area contributed by atoms with E-state index in [2.05, 4.69) is 22.3 Å². The molecule has 3 atom stereocenters. The molecule has 0 aromatic heterocycles. The molecule has 2 aliphatic heterocycles. The monoisotopic (exact) mass is 346 g/mol. The Bertz CT molecular complexity index is 559. The van der Waals surface area contributed by atoms with Crippen molar-refractivity contribution < 1.29 is 14.6 Å². The molecule has 0 spiro atoms. The largest absolute Gasteiger partial charge is 0.388 e. The second-order valence-corrected chi connectivity index (χ2v) is 7.68. The average Bonchev–Trinajstić information content (AvgIpc) is 3.10. The number of rotatable bonds is 6. The van der Waals surface area contributed by atoms with Crippen LogP contribution in [0, 0.1) is 5.92 Å². The van der Waals surface area contributed by atoms with E-state index in [0.29, 0.717) is 18.9 Å². The smallest absolute Gasteiger partial charge is 0.223 e. The number of benzene rings is 1. The van der Waals surface area contributed by atoms with E-state index in [1.165, 1.54) is 5.56 Å². The van der Waals surface area contributed by atoms with Crippen molar-refractivity contribution in [2.75, 3.05) is 26.3 Å². The van der Waals surface area contributed by atoms with E-state index >= 15 is 0 Å². The summed E-state index contributed by atoms with van der Waals surface area (Å²) in [6.07, 6.45) is 2.78. The molecule has 2 saturated heterocycles. The minimum Gasteiger partial charge on any atom is -0.388 e. The molecule has 5 nitrogen and oxygen atoms in total. The lowest BCUT2D eigenvalue weighted by atomic mass is 9.88. The SMILES string of the molecule is CC(NC(=O)CC1(O)CCCN(Cc2ccccc2)C1)C1CCOC1. The van der Waals surface area contributed by atoms with E-state index in [0.717, 1.165) is 39.1 Å². The van der Waals surface area contributed by atoms with Gasteiger partial charge in [-0.25, -0.2) is 0 Å². The van der Waals surface area contributed by atoms with E-state index in [1.54, 1.807) is 0 Å². The lowest BCUT2D eigenvalue weighted by molar-refractivity contribution is -0.129. The van der Waals surface area contributed by atoms with Crippen LogP contribution in [-0.4, -0.2) is 53.9 Å². The summed E-state index contributed by atoms with van der Waals surface area (Å²) in [7, 11) is 0. The number of likely N-dealkylation sites (tertiary alicyclic amines) is 1. The van der Waals surface area contributed by atoms with Crippen molar-refractivity contribution in [3.8, 4) is 0 Å². The third-order valence-electron chi connectivity index (χ3n) is 5.43. The number of ether oxygens (including phenoxy) is 1. The van der Waals surface area contributed by atoms with Crippen LogP contribution in [0.15, 0.2) is 30.3 Å². The molecule has 2 aliphatic rings. The van der Waals surface area contributed by atoms with E-state index < -0.39 is 5.60 Å². The summed E-state index contributed by atoms with van der Waals surface area (Å²) in [4.78, 5) is 14.7. The molecule has 0 radical (unpaired) electrons. The van der Waals surface area contributed by atoms with Crippen molar-refractivity contribution >= 4 is 5.91 Å². The van der Waals surface area contributed by atoms with Crippen molar-refractivity contribution in [1.29, 1.82) is 0 Å². The van der Waals surface area contributed by atoms with Crippen molar-refractivity contribution in [1.82, 2.24) is 10.2 Å². The molecule has 0 aliphatic carbocycles. The molecular weight excluding hydrogens is 316 g/mol. The molecule has 0 saturated carbocycles. The maximum Gasteiger partial charge on any atom is 0.223 e. The lowest BCUT2D eigenvalue weighted by Crippen LogP contribution is -2.51. The summed E-state index contributed by atoms with van der Waals surface area (Å²) in [5.41, 5.74) is 0.314. The molecule has 0 bridgehead atoms. The highest BCUT2D eigenvalue weighted by molar-refractivity contribution is 5.77. The van der Waals surface area contributed by atoms with Gasteiger partial charge in [0.15, 0.2) is 0 Å². The number of hydrogen-bond acceptors (Lipinski definition) is 4. The van der Waals surface area contributed by atoms with Crippen LogP contribution in [0.3, 0.4) is 0 Å². The van der Waals surface area contributed by atoms with Gasteiger partial charge in [-0.15, -0.1) is 0 Å². The van der Waals surface area contributed by atoms with Crippen LogP contribution in [-0.2, 0) is 16.1 Å². The molecule has 2 N–H and O–H groups in total. The maximum atomic E-state index is 12.4. The highest BCUT2D eigenvalue weighted by Crippen LogP contribution is 2.26. The third-order valence-corrected chi connectivity index (χ3v) is 5.43. The molecule has 1 aromatic rings. The van der Waals surface area contributed by atoms with Gasteiger partial charge in [-0.1, -0.05) is 30.3 Å². The molecule has 1 aromatic carbocycles. The fourth-order valence-corrected chi connectivity index (χ4v) is 4.00. The Morgan fingerprint density at radius 1 is 1.44 bits per heavy atom. The molecule has 2 heterocycles. The van der Waals surface area contributed by atoms with Crippen molar-refractivity contribution in [3.05, 3.63) is 35.9 Å². The number of aliphatic hydroxyl groups is 1. The molecule has 1 amide bonds. The molecule has 3 unspecified atom stereocenters. The van der Waals surface area contributed by atoms with E-state index in [9.17, 15) is 9.90 Å². The second-order valence-electron chi connectivity index (χ2n) is 7.68. The lowest BCUT2D eigenvalue weighted by Gasteiger charge is -2.39. The van der Waals surface area contributed by atoms with E-state index in [-0.39, 0.29) is 18.4 Å². The molecule has 3 rings (SSSR count). The predicted octanol–water partition coefficient (Wildman–Crippen LogP) is 1.94. The number of piperidine rings is 1. The van der Waals surface area contributed by atoms with Gasteiger partial charge >= 0.3 is 0 Å². The third kappa shape index (κ3) is 5.27. The predicted molar refractivity (Wildman–Crippen MR) is 97.1 cm³/mol. The number of nitrogens with zero attached hydrogens (tertiary/aromatic N) is 1. The van der Waals surface area contributed by atoms with Crippen LogP contribution < -0.4 is 5.32 Å². The van der Waals surface area contributed by atoms with Gasteiger partial charge in [0.25, 0.3) is 0 Å². The highest BCUT2D eigenvalue weighted by Gasteiger charge is 2.36. The van der Waals surface area contributed by atoms with E-state index in [4.69, 9.17) is 4.74 Å². The van der Waals surface area contributed by atoms with Gasteiger partial charge in [0.05, 0.1) is 18.6 Å². The Morgan fingerprint density at radius 3 is 2.96 bits per heavy atom. The number of carbonyl (C=O) groups excluding carboxylic acids is 1. The van der Waals surface area contributed by atoms with E-state index in [1.807, 2.05) is 25.1 Å². The summed E-state index contributed by atoms with van der Waals surface area (Å²) in [6.45, 7) is 5.87. The van der Waals surface area contributed by atoms with Crippen LogP contribution in [0.5, 0.6) is 0 Å². The summed E-state index contributed by atoms with van der Waals surface area (Å²) in [6, 6.07) is 10.4. The molecular formula is C20H30N2O3. The number of amides is 1. The van der Waals surface area contributed by atoms with Gasteiger partial charge in [0, 0.05) is 31.7 Å². The molecule has 25 heavy (non-hydrogen) atoms. The minimum absolute atomic E-state index is 0.0524. The summed E-state index contributed by atoms with van der Waals surface area (Å²) < 4.78 is 5.39. The van der Waals surface area contributed by atoms with Crippen LogP contribution in [0.25, 0.3) is 0 Å². The van der Waals surface area contributed by atoms with Crippen molar-refractivity contribution in [2.24, 2.45) is 5.92 Å². The zero-order valence-electron chi connectivity index (χ0n) is 15.1. The fourth-order valence-electron chi connectivity index (χ4n) is 4.00. The first-order valence-electron chi connectivity index (χ1n) is 9.40. The summed E-state index contributed by atoms with van der Waals surface area (Å²) in [5, 5.41) is 14.0. The first-order valence-corrected chi connectivity index (χ1v) is 9.40. The van der Waals surface area contributed by atoms with Crippen LogP contribution in [0.1, 0.15) is 38.2 Å². The zero-order chi connectivity index (χ0) is 17.7. The zero-order valence-corrected chi connectivity index (χ0v) is 15.1. The normalized spacial score (nSPS) is 28.6. The second kappa shape index (κ2) is 8.30. The summed E-state index contributed by atoms with van der Waals surface area (Å²) in [5.74, 6) is 0.336. The topological polar surface area (TPSA) is 61.8 Å². The Hall–Kier alpha value is -1.43. The minimum atomic E-state index is -0.928. The standard InChI is InChI=1S/C20H30N2O3/c1-16(18-8-11-25-14-18)21-19(23)12-20(24)9-5-10-22(15-20)13-17-6-3-2-4-7-17/h2-4,6-7,16,18,24H,5,8-15H2,1H3,(H,21,23). The number of hydrogen-bond donors (Lipinski definition) is 2. The Morgan fingerprint density at radius 2 is 2.24 bits per heavy atom. The van der Waals surface area contributed by atoms with Gasteiger partial charge in [-0.05, 0) is 38.3 Å². The molecule has 5 heteroatoms. The number of nitrogens with one attached hydrogen (secondary N) is 1. The Kier molecular flexibility index (Phi) is 6.10. The van der Waals surface area contributed by atoms with Crippen molar-refractivity contribution in [3.63, 3.8) is 0 Å². The number of β-amino-alcohol motifs (C(OH)–C–C–N with tert-alkyl or cyclic N) is 1. The van der Waals surface area contributed by atoms with Gasteiger partial charge < -0.3 is 15.2 Å². The van der Waals surface area contributed by atoms with Gasteiger partial charge in [-0.2, -0.15) is 0 Å². The quantitative estimate of drug-likeness (QED) is 0.826. The van der Waals surface area contributed by atoms with Gasteiger partial charge in [-0.3, -0.25) is 9.69 Å². The van der Waals surface area contributed by atoms with Crippen LogP contribution in [0.4, 0.5) is 0 Å². The van der Waals surface area contributed by atoms with Gasteiger partial charge in [0.2, 0.25) is 5.91 Å². The first kappa shape index (κ1) is 18.4. The van der Waals surface area contributed by atoms with Crippen LogP contribution >= 0.6 is 0 Å². The summed E-state index contributed by atoms with van der Waals surface area (Å²) >= 11 is 0. The van der Waals surface area contributed by atoms with Gasteiger partial charge in [0.1, 0.15) is 0 Å². The molecule has 138 valence electrons. The fraction of sp³-hybridized carbons (Fsp3) is 0.650. The Balaban J connectivity index is 1.50. The van der Waals surface area contributed by atoms with Crippen molar-refractivity contribution in [2.45, 2.75) is 50.8 Å². The maximum absolute atomic E-state index is 12.4. The Labute approximate surface area is 150 Å². The van der Waals surface area contributed by atoms with Crippen LogP contribution in [0.2, 0.25) is 0 Å². The highest BCUT2D eigenvalue weighted by atomic mass is 16.5. The average molecular weight is 346 g/mol. The first-order chi connectivity index (χ1) is 12.0. The molecule has 2 fully saturated rings. The number of carbonyl (C=O) groups is 1.